The lowest BCUT2D eigenvalue weighted by atomic mass is 10.3. The Morgan fingerprint density at radius 2 is 0.643 bits per heavy atom. The van der Waals surface area contributed by atoms with E-state index in [0.717, 1.165) is 0 Å². The molecule has 15 nitrogen and oxygen atoms in total. The van der Waals surface area contributed by atoms with E-state index in [0.29, 0.717) is 39.3 Å². The lowest BCUT2D eigenvalue weighted by Crippen LogP contribution is -2.45. The molecule has 1 aliphatic heterocycles. The highest BCUT2D eigenvalue weighted by molar-refractivity contribution is 5.68. The molecule has 15 heteroatoms. The van der Waals surface area contributed by atoms with Crippen LogP contribution in [0.25, 0.3) is 0 Å². The SMILES string of the molecule is CC(=O)OCC(CN1CCN(CC(COC(C)=O)OC(C)=O)CCN(CC(COC(C)=O)OC(C)=O)CC1)OC(C)=O. The van der Waals surface area contributed by atoms with Crippen molar-refractivity contribution in [1.29, 1.82) is 0 Å². The Kier molecular flexibility index (Phi) is 17.3. The first-order valence-corrected chi connectivity index (χ1v) is 13.8. The molecule has 0 aromatic carbocycles. The maximum absolute atomic E-state index is 11.7. The summed E-state index contributed by atoms with van der Waals surface area (Å²) < 4.78 is 31.5. The zero-order valence-corrected chi connectivity index (χ0v) is 25.5. The van der Waals surface area contributed by atoms with Gasteiger partial charge in [0.25, 0.3) is 0 Å². The summed E-state index contributed by atoms with van der Waals surface area (Å²) in [7, 11) is 0. The van der Waals surface area contributed by atoms with Crippen LogP contribution in [0.2, 0.25) is 0 Å². The van der Waals surface area contributed by atoms with Crippen molar-refractivity contribution in [2.75, 3.05) is 78.7 Å². The van der Waals surface area contributed by atoms with Gasteiger partial charge in [-0.05, 0) is 0 Å². The average molecular weight is 604 g/mol. The summed E-state index contributed by atoms with van der Waals surface area (Å²) in [5.74, 6) is -3.02. The van der Waals surface area contributed by atoms with Crippen molar-refractivity contribution >= 4 is 35.8 Å². The van der Waals surface area contributed by atoms with Gasteiger partial charge in [-0.2, -0.15) is 0 Å². The molecule has 42 heavy (non-hydrogen) atoms. The van der Waals surface area contributed by atoms with Crippen LogP contribution < -0.4 is 0 Å². The lowest BCUT2D eigenvalue weighted by Gasteiger charge is -2.30. The van der Waals surface area contributed by atoms with Crippen molar-refractivity contribution in [3.05, 3.63) is 0 Å². The fraction of sp³-hybridized carbons (Fsp3) is 0.778. The van der Waals surface area contributed by atoms with Gasteiger partial charge < -0.3 is 28.4 Å². The first-order chi connectivity index (χ1) is 19.7. The van der Waals surface area contributed by atoms with Crippen LogP contribution in [0.15, 0.2) is 0 Å². The predicted molar refractivity (Wildman–Crippen MR) is 146 cm³/mol. The van der Waals surface area contributed by atoms with E-state index in [4.69, 9.17) is 28.4 Å². The molecule has 1 heterocycles. The van der Waals surface area contributed by atoms with Crippen LogP contribution in [0, 0.1) is 0 Å². The highest BCUT2D eigenvalue weighted by atomic mass is 16.6. The molecule has 0 N–H and O–H groups in total. The first kappa shape index (κ1) is 36.7. The van der Waals surface area contributed by atoms with Gasteiger partial charge in [0.05, 0.1) is 0 Å². The second kappa shape index (κ2) is 19.8. The summed E-state index contributed by atoms with van der Waals surface area (Å²) in [5, 5.41) is 0. The summed E-state index contributed by atoms with van der Waals surface area (Å²) in [6.07, 6.45) is -2.11. The molecule has 1 saturated heterocycles. The zero-order valence-electron chi connectivity index (χ0n) is 25.5. The van der Waals surface area contributed by atoms with E-state index < -0.39 is 54.1 Å². The van der Waals surface area contributed by atoms with Gasteiger partial charge in [-0.15, -0.1) is 0 Å². The van der Waals surface area contributed by atoms with Crippen molar-refractivity contribution < 1.29 is 57.2 Å². The number of hydrogen-bond donors (Lipinski definition) is 0. The molecule has 0 aromatic heterocycles. The number of hydrogen-bond acceptors (Lipinski definition) is 15. The smallest absolute Gasteiger partial charge is 0.303 e. The van der Waals surface area contributed by atoms with E-state index in [9.17, 15) is 28.8 Å². The summed E-state index contributed by atoms with van der Waals surface area (Å²) in [4.78, 5) is 75.4. The van der Waals surface area contributed by atoms with E-state index in [2.05, 4.69) is 0 Å². The topological polar surface area (TPSA) is 168 Å². The zero-order chi connectivity index (χ0) is 31.7. The normalized spacial score (nSPS) is 17.3. The largest absolute Gasteiger partial charge is 0.462 e. The molecule has 0 bridgehead atoms. The third kappa shape index (κ3) is 18.2. The number of nitrogens with zero attached hydrogens (tertiary/aromatic N) is 3. The minimum Gasteiger partial charge on any atom is -0.462 e. The molecule has 1 aliphatic rings. The summed E-state index contributed by atoms with van der Waals surface area (Å²) >= 11 is 0. The molecule has 1 fully saturated rings. The molecule has 3 unspecified atom stereocenters. The highest BCUT2D eigenvalue weighted by Crippen LogP contribution is 2.09. The summed E-state index contributed by atoms with van der Waals surface area (Å²) in [6, 6.07) is 0. The van der Waals surface area contributed by atoms with E-state index in [1.165, 1.54) is 41.5 Å². The van der Waals surface area contributed by atoms with E-state index in [1.54, 1.807) is 0 Å². The Morgan fingerprint density at radius 1 is 0.429 bits per heavy atom. The van der Waals surface area contributed by atoms with E-state index in [-0.39, 0.29) is 39.5 Å². The minimum atomic E-state index is -0.704. The van der Waals surface area contributed by atoms with Crippen molar-refractivity contribution in [2.45, 2.75) is 59.9 Å². The second-order valence-electron chi connectivity index (χ2n) is 10.0. The van der Waals surface area contributed by atoms with E-state index >= 15 is 0 Å². The maximum Gasteiger partial charge on any atom is 0.303 e. The Hall–Kier alpha value is -3.30. The molecular formula is C27H45N3O12. The second-order valence-corrected chi connectivity index (χ2v) is 10.0. The summed E-state index contributed by atoms with van der Waals surface area (Å²) in [5.41, 5.74) is 0. The average Bonchev–Trinajstić information content (AvgIpc) is 2.95. The molecule has 3 atom stereocenters. The molecule has 240 valence electrons. The van der Waals surface area contributed by atoms with Crippen molar-refractivity contribution in [3.63, 3.8) is 0 Å². The molecule has 1 rings (SSSR count). The summed E-state index contributed by atoms with van der Waals surface area (Å²) in [6.45, 7) is 11.3. The molecule has 0 spiro atoms. The molecule has 0 saturated carbocycles. The quantitative estimate of drug-likeness (QED) is 0.172. The van der Waals surface area contributed by atoms with Gasteiger partial charge in [0.1, 0.15) is 38.1 Å². The van der Waals surface area contributed by atoms with Crippen molar-refractivity contribution in [2.24, 2.45) is 0 Å². The predicted octanol–water partition coefficient (Wildman–Crippen LogP) is -0.610. The van der Waals surface area contributed by atoms with Gasteiger partial charge in [-0.1, -0.05) is 0 Å². The number of carbonyl (C=O) groups is 6. The van der Waals surface area contributed by atoms with Crippen LogP contribution in [0.4, 0.5) is 0 Å². The molecule has 0 amide bonds. The van der Waals surface area contributed by atoms with Crippen LogP contribution in [0.3, 0.4) is 0 Å². The lowest BCUT2D eigenvalue weighted by molar-refractivity contribution is -0.157. The number of carbonyl (C=O) groups excluding carboxylic acids is 6. The van der Waals surface area contributed by atoms with Crippen molar-refractivity contribution in [1.82, 2.24) is 14.7 Å². The highest BCUT2D eigenvalue weighted by Gasteiger charge is 2.26. The third-order valence-electron chi connectivity index (χ3n) is 6.00. The van der Waals surface area contributed by atoms with Crippen LogP contribution in [-0.4, -0.2) is 148 Å². The first-order valence-electron chi connectivity index (χ1n) is 13.8. The Morgan fingerprint density at radius 3 is 0.810 bits per heavy atom. The fourth-order valence-electron chi connectivity index (χ4n) is 4.30. The Labute approximate surface area is 246 Å². The van der Waals surface area contributed by atoms with Crippen LogP contribution in [-0.2, 0) is 57.2 Å². The minimum absolute atomic E-state index is 0.105. The van der Waals surface area contributed by atoms with Gasteiger partial charge in [0, 0.05) is 100 Å². The van der Waals surface area contributed by atoms with Crippen molar-refractivity contribution in [3.8, 4) is 0 Å². The van der Waals surface area contributed by atoms with E-state index in [1.807, 2.05) is 14.7 Å². The van der Waals surface area contributed by atoms with Crippen LogP contribution >= 0.6 is 0 Å². The van der Waals surface area contributed by atoms with Crippen LogP contribution in [0.5, 0.6) is 0 Å². The standard InChI is InChI=1S/C27H45N3O12/c1-19(31)37-16-25(40-22(4)34)13-28-7-9-29(14-26(41-23(5)35)17-38-20(2)32)11-12-30(10-8-28)15-27(42-24(6)36)18-39-21(3)33/h25-27H,7-18H2,1-6H3. The maximum atomic E-state index is 11.7. The molecule has 0 aliphatic carbocycles. The molecule has 0 aromatic rings. The van der Waals surface area contributed by atoms with Gasteiger partial charge in [0.15, 0.2) is 0 Å². The Balaban J connectivity index is 3.15. The number of rotatable bonds is 15. The van der Waals surface area contributed by atoms with Crippen LogP contribution in [0.1, 0.15) is 41.5 Å². The van der Waals surface area contributed by atoms with Gasteiger partial charge in [-0.3, -0.25) is 43.5 Å². The number of esters is 6. The van der Waals surface area contributed by atoms with Gasteiger partial charge in [-0.25, -0.2) is 0 Å². The fourth-order valence-corrected chi connectivity index (χ4v) is 4.30. The number of ether oxygens (including phenoxy) is 6. The van der Waals surface area contributed by atoms with Gasteiger partial charge >= 0.3 is 35.8 Å². The third-order valence-corrected chi connectivity index (χ3v) is 6.00. The monoisotopic (exact) mass is 603 g/mol. The van der Waals surface area contributed by atoms with Gasteiger partial charge in [0.2, 0.25) is 0 Å². The molecule has 0 radical (unpaired) electrons. The Bertz CT molecular complexity index is 789. The molecular weight excluding hydrogens is 558 g/mol.